The smallest absolute Gasteiger partial charge is 0.417 e. The van der Waals surface area contributed by atoms with Gasteiger partial charge in [0, 0.05) is 12.3 Å². The highest BCUT2D eigenvalue weighted by Crippen LogP contribution is 2.30. The Morgan fingerprint density at radius 1 is 1.30 bits per heavy atom. The molecule has 0 spiro atoms. The molecule has 0 aliphatic carbocycles. The minimum atomic E-state index is -4.60. The van der Waals surface area contributed by atoms with Gasteiger partial charge in [-0.2, -0.15) is 13.2 Å². The van der Waals surface area contributed by atoms with Gasteiger partial charge in [-0.1, -0.05) is 11.3 Å². The zero-order valence-electron chi connectivity index (χ0n) is 14.0. The summed E-state index contributed by atoms with van der Waals surface area (Å²) in [6.45, 7) is 1.82. The number of carbonyl (C=O) groups excluding carboxylic acids is 1. The number of alkyl halides is 3. The number of aromatic nitrogens is 2. The zero-order valence-corrected chi connectivity index (χ0v) is 14.9. The summed E-state index contributed by atoms with van der Waals surface area (Å²) in [6.07, 6.45) is -3.98. The summed E-state index contributed by atoms with van der Waals surface area (Å²) in [4.78, 5) is 28.1. The van der Waals surface area contributed by atoms with Crippen LogP contribution >= 0.6 is 11.3 Å². The van der Waals surface area contributed by atoms with Crippen LogP contribution < -0.4 is 15.6 Å². The maximum Gasteiger partial charge on any atom is 0.417 e. The molecule has 1 amide bonds. The van der Waals surface area contributed by atoms with Crippen LogP contribution in [0.3, 0.4) is 0 Å². The number of thiazole rings is 1. The van der Waals surface area contributed by atoms with E-state index in [-0.39, 0.29) is 5.13 Å². The largest absolute Gasteiger partial charge is 0.494 e. The van der Waals surface area contributed by atoms with Crippen LogP contribution in [0.25, 0.3) is 10.2 Å². The van der Waals surface area contributed by atoms with Gasteiger partial charge in [0.2, 0.25) is 5.91 Å². The molecule has 3 aromatic rings. The molecule has 2 aromatic heterocycles. The van der Waals surface area contributed by atoms with Gasteiger partial charge >= 0.3 is 6.18 Å². The van der Waals surface area contributed by atoms with Crippen LogP contribution in [-0.4, -0.2) is 22.1 Å². The van der Waals surface area contributed by atoms with Gasteiger partial charge in [-0.25, -0.2) is 4.98 Å². The summed E-state index contributed by atoms with van der Waals surface area (Å²) >= 11 is 1.20. The van der Waals surface area contributed by atoms with Gasteiger partial charge in [0.25, 0.3) is 5.56 Å². The average molecular weight is 397 g/mol. The lowest BCUT2D eigenvalue weighted by Crippen LogP contribution is -2.28. The minimum absolute atomic E-state index is 0.281. The highest BCUT2D eigenvalue weighted by Gasteiger charge is 2.31. The van der Waals surface area contributed by atoms with Crippen molar-refractivity contribution in [3.63, 3.8) is 0 Å². The van der Waals surface area contributed by atoms with Crippen LogP contribution in [0.4, 0.5) is 18.3 Å². The molecule has 0 radical (unpaired) electrons. The van der Waals surface area contributed by atoms with Crippen LogP contribution in [-0.2, 0) is 17.5 Å². The topological polar surface area (TPSA) is 73.2 Å². The molecule has 0 fully saturated rings. The summed E-state index contributed by atoms with van der Waals surface area (Å²) in [5.41, 5.74) is -1.06. The molecule has 0 bridgehead atoms. The molecule has 142 valence electrons. The lowest BCUT2D eigenvalue weighted by atomic mass is 10.3. The lowest BCUT2D eigenvalue weighted by molar-refractivity contribution is -0.138. The maximum atomic E-state index is 12.8. The first-order valence-corrected chi connectivity index (χ1v) is 8.69. The number of halogens is 3. The van der Waals surface area contributed by atoms with E-state index in [1.807, 2.05) is 6.92 Å². The van der Waals surface area contributed by atoms with Gasteiger partial charge < -0.3 is 14.6 Å². The van der Waals surface area contributed by atoms with E-state index in [2.05, 4.69) is 10.3 Å². The molecule has 0 aliphatic rings. The number of carbonyl (C=O) groups is 1. The molecule has 1 N–H and O–H groups in total. The fourth-order valence-corrected chi connectivity index (χ4v) is 3.26. The molecule has 1 aromatic carbocycles. The second-order valence-electron chi connectivity index (χ2n) is 5.51. The molecule has 2 heterocycles. The number of pyridine rings is 1. The summed E-state index contributed by atoms with van der Waals surface area (Å²) in [6, 6.07) is 6.73. The van der Waals surface area contributed by atoms with E-state index in [0.717, 1.165) is 10.8 Å². The molecule has 0 unspecified atom stereocenters. The van der Waals surface area contributed by atoms with E-state index in [1.165, 1.54) is 11.3 Å². The second kappa shape index (κ2) is 7.39. The number of amides is 1. The van der Waals surface area contributed by atoms with Crippen LogP contribution in [0, 0.1) is 0 Å². The summed E-state index contributed by atoms with van der Waals surface area (Å²) in [5, 5.41) is 2.78. The van der Waals surface area contributed by atoms with Crippen molar-refractivity contribution in [3.8, 4) is 5.75 Å². The van der Waals surface area contributed by atoms with Crippen LogP contribution in [0.5, 0.6) is 5.75 Å². The highest BCUT2D eigenvalue weighted by molar-refractivity contribution is 7.22. The Balaban J connectivity index is 1.76. The average Bonchev–Trinajstić information content (AvgIpc) is 2.97. The maximum absolute atomic E-state index is 12.8. The van der Waals surface area contributed by atoms with Crippen LogP contribution in [0.15, 0.2) is 41.3 Å². The predicted octanol–water partition coefficient (Wildman–Crippen LogP) is 3.51. The zero-order chi connectivity index (χ0) is 19.6. The molecule has 27 heavy (non-hydrogen) atoms. The van der Waals surface area contributed by atoms with E-state index >= 15 is 0 Å². The van der Waals surface area contributed by atoms with E-state index in [0.29, 0.717) is 34.7 Å². The molecule has 3 rings (SSSR count). The SMILES string of the molecule is CCOc1ccc2nc(NC(=O)Cn3cc(C(F)(F)F)ccc3=O)sc2c1. The Hall–Kier alpha value is -2.88. The number of hydrogen-bond acceptors (Lipinski definition) is 5. The van der Waals surface area contributed by atoms with Crippen molar-refractivity contribution in [3.05, 3.63) is 52.4 Å². The van der Waals surface area contributed by atoms with Gasteiger partial charge in [0.15, 0.2) is 5.13 Å². The van der Waals surface area contributed by atoms with Crippen molar-refractivity contribution < 1.29 is 22.7 Å². The first-order chi connectivity index (χ1) is 12.8. The molecule has 0 atom stereocenters. The van der Waals surface area contributed by atoms with Crippen molar-refractivity contribution in [2.24, 2.45) is 0 Å². The summed E-state index contributed by atoms with van der Waals surface area (Å²) in [7, 11) is 0. The normalized spacial score (nSPS) is 11.6. The van der Waals surface area contributed by atoms with Crippen molar-refractivity contribution in [2.75, 3.05) is 11.9 Å². The van der Waals surface area contributed by atoms with Gasteiger partial charge in [-0.15, -0.1) is 0 Å². The molecule has 0 saturated heterocycles. The van der Waals surface area contributed by atoms with Crippen molar-refractivity contribution >= 4 is 32.6 Å². The van der Waals surface area contributed by atoms with Crippen molar-refractivity contribution in [2.45, 2.75) is 19.6 Å². The number of nitrogens with zero attached hydrogens (tertiary/aromatic N) is 2. The quantitative estimate of drug-likeness (QED) is 0.715. The Morgan fingerprint density at radius 2 is 2.07 bits per heavy atom. The summed E-state index contributed by atoms with van der Waals surface area (Å²) in [5.74, 6) is 0.0163. The standard InChI is InChI=1S/C17H14F3N3O3S/c1-2-26-11-4-5-12-13(7-11)27-16(21-12)22-14(24)9-23-8-10(17(18,19)20)3-6-15(23)25/h3-8H,2,9H2,1H3,(H,21,22,24). The van der Waals surface area contributed by atoms with E-state index in [4.69, 9.17) is 4.74 Å². The highest BCUT2D eigenvalue weighted by atomic mass is 32.1. The van der Waals surface area contributed by atoms with Crippen LogP contribution in [0.1, 0.15) is 12.5 Å². The number of fused-ring (bicyclic) bond motifs is 1. The number of rotatable bonds is 5. The fourth-order valence-electron chi connectivity index (χ4n) is 2.35. The molecular formula is C17H14F3N3O3S. The molecule has 0 aliphatic heterocycles. The third-order valence-electron chi connectivity index (χ3n) is 3.54. The number of nitrogens with one attached hydrogen (secondary N) is 1. The molecule has 0 saturated carbocycles. The first-order valence-electron chi connectivity index (χ1n) is 7.87. The Labute approximate surface area is 155 Å². The predicted molar refractivity (Wildman–Crippen MR) is 95.1 cm³/mol. The summed E-state index contributed by atoms with van der Waals surface area (Å²) < 4.78 is 45.2. The van der Waals surface area contributed by atoms with Crippen LogP contribution in [0.2, 0.25) is 0 Å². The fraction of sp³-hybridized carbons (Fsp3) is 0.235. The van der Waals surface area contributed by atoms with Crippen molar-refractivity contribution in [1.82, 2.24) is 9.55 Å². The Kier molecular flexibility index (Phi) is 5.17. The first kappa shape index (κ1) is 18.9. The second-order valence-corrected chi connectivity index (χ2v) is 6.54. The van der Waals surface area contributed by atoms with Gasteiger partial charge in [-0.05, 0) is 31.2 Å². The van der Waals surface area contributed by atoms with Crippen molar-refractivity contribution in [1.29, 1.82) is 0 Å². The number of hydrogen-bond donors (Lipinski definition) is 1. The van der Waals surface area contributed by atoms with Gasteiger partial charge in [0.05, 0.1) is 22.4 Å². The van der Waals surface area contributed by atoms with E-state index in [9.17, 15) is 22.8 Å². The number of ether oxygens (including phenoxy) is 1. The van der Waals surface area contributed by atoms with E-state index in [1.54, 1.807) is 18.2 Å². The minimum Gasteiger partial charge on any atom is -0.494 e. The van der Waals surface area contributed by atoms with Gasteiger partial charge in [0.1, 0.15) is 12.3 Å². The lowest BCUT2D eigenvalue weighted by Gasteiger charge is -2.10. The van der Waals surface area contributed by atoms with E-state index < -0.39 is 29.8 Å². The molecule has 10 heteroatoms. The third-order valence-corrected chi connectivity index (χ3v) is 4.48. The third kappa shape index (κ3) is 4.45. The Bertz CT molecular complexity index is 1040. The monoisotopic (exact) mass is 397 g/mol. The molecule has 6 nitrogen and oxygen atoms in total. The number of anilines is 1. The Morgan fingerprint density at radius 3 is 2.78 bits per heavy atom. The van der Waals surface area contributed by atoms with Gasteiger partial charge in [-0.3, -0.25) is 9.59 Å². The molecular weight excluding hydrogens is 383 g/mol. The number of benzene rings is 1.